The molecule has 1 aromatic heterocycles. The van der Waals surface area contributed by atoms with Crippen LogP contribution in [0.25, 0.3) is 0 Å². The molecule has 2 N–H and O–H groups in total. The van der Waals surface area contributed by atoms with E-state index in [4.69, 9.17) is 11.6 Å². The van der Waals surface area contributed by atoms with Gasteiger partial charge in [-0.1, -0.05) is 24.4 Å². The van der Waals surface area contributed by atoms with Crippen molar-refractivity contribution >= 4 is 40.6 Å². The first kappa shape index (κ1) is 17.1. The van der Waals surface area contributed by atoms with Crippen LogP contribution in [0.1, 0.15) is 30.6 Å². The summed E-state index contributed by atoms with van der Waals surface area (Å²) >= 11 is 9.05. The lowest BCUT2D eigenvalue weighted by molar-refractivity contribution is -0.118. The third-order valence-corrected chi connectivity index (χ3v) is 6.36. The highest BCUT2D eigenvalue weighted by molar-refractivity contribution is 7.99. The molecule has 1 fully saturated rings. The Bertz CT molecular complexity index is 453. The van der Waals surface area contributed by atoms with Crippen LogP contribution in [-0.2, 0) is 10.5 Å². The summed E-state index contributed by atoms with van der Waals surface area (Å²) in [5, 5.41) is 12.4. The minimum atomic E-state index is 0.0879. The van der Waals surface area contributed by atoms with E-state index < -0.39 is 0 Å². The molecule has 0 saturated heterocycles. The summed E-state index contributed by atoms with van der Waals surface area (Å²) in [7, 11) is 0. The van der Waals surface area contributed by atoms with Crippen molar-refractivity contribution < 1.29 is 9.90 Å². The number of nitrogens with one attached hydrogen (secondary N) is 1. The SMILES string of the molecule is O=C(CSCc1ccc(Cl)s1)NCC1CCCCC1CO. The number of hydrogen-bond acceptors (Lipinski definition) is 4. The standard InChI is InChI=1S/C15H22ClNO2S2/c16-14-6-5-13(21-14)9-20-10-15(19)17-7-11-3-1-2-4-12(11)8-18/h5-6,11-12,18H,1-4,7-10H2,(H,17,19). The molecule has 0 radical (unpaired) electrons. The summed E-state index contributed by atoms with van der Waals surface area (Å²) in [5.74, 6) is 2.19. The number of hydrogen-bond donors (Lipinski definition) is 2. The van der Waals surface area contributed by atoms with E-state index in [1.54, 1.807) is 23.1 Å². The van der Waals surface area contributed by atoms with Gasteiger partial charge in [-0.05, 0) is 36.8 Å². The van der Waals surface area contributed by atoms with Gasteiger partial charge in [-0.2, -0.15) is 0 Å². The van der Waals surface area contributed by atoms with Gasteiger partial charge >= 0.3 is 0 Å². The number of carbonyl (C=O) groups is 1. The maximum Gasteiger partial charge on any atom is 0.230 e. The number of rotatable bonds is 7. The van der Waals surface area contributed by atoms with Crippen LogP contribution in [0.4, 0.5) is 0 Å². The van der Waals surface area contributed by atoms with Crippen molar-refractivity contribution in [3.05, 3.63) is 21.3 Å². The first-order valence-corrected chi connectivity index (χ1v) is 9.73. The van der Waals surface area contributed by atoms with Gasteiger partial charge in [0.25, 0.3) is 0 Å². The predicted molar refractivity (Wildman–Crippen MR) is 91.0 cm³/mol. The van der Waals surface area contributed by atoms with Gasteiger partial charge < -0.3 is 10.4 Å². The summed E-state index contributed by atoms with van der Waals surface area (Å²) in [6, 6.07) is 3.89. The lowest BCUT2D eigenvalue weighted by atomic mass is 9.79. The van der Waals surface area contributed by atoms with E-state index in [1.807, 2.05) is 12.1 Å². The lowest BCUT2D eigenvalue weighted by Crippen LogP contribution is -2.36. The Kier molecular flexibility index (Phi) is 7.37. The number of thiophene rings is 1. The van der Waals surface area contributed by atoms with E-state index in [2.05, 4.69) is 5.32 Å². The van der Waals surface area contributed by atoms with E-state index in [1.165, 1.54) is 17.7 Å². The van der Waals surface area contributed by atoms with Crippen LogP contribution in [0.2, 0.25) is 4.34 Å². The van der Waals surface area contributed by atoms with Crippen LogP contribution in [0.15, 0.2) is 12.1 Å². The van der Waals surface area contributed by atoms with Gasteiger partial charge in [0.05, 0.1) is 10.1 Å². The van der Waals surface area contributed by atoms with Crippen LogP contribution in [0.5, 0.6) is 0 Å². The molecular weight excluding hydrogens is 326 g/mol. The van der Waals surface area contributed by atoms with Crippen molar-refractivity contribution in [1.82, 2.24) is 5.32 Å². The highest BCUT2D eigenvalue weighted by atomic mass is 35.5. The lowest BCUT2D eigenvalue weighted by Gasteiger charge is -2.30. The zero-order valence-corrected chi connectivity index (χ0v) is 14.4. The molecule has 118 valence electrons. The zero-order valence-electron chi connectivity index (χ0n) is 12.0. The molecule has 1 aliphatic carbocycles. The Morgan fingerprint density at radius 1 is 1.38 bits per heavy atom. The summed E-state index contributed by atoms with van der Waals surface area (Å²) in [5.41, 5.74) is 0. The Labute approximate surface area is 139 Å². The van der Waals surface area contributed by atoms with E-state index in [0.717, 1.165) is 22.9 Å². The fourth-order valence-electron chi connectivity index (χ4n) is 2.76. The molecule has 0 spiro atoms. The first-order valence-electron chi connectivity index (χ1n) is 7.38. The Hall–Kier alpha value is -0.230. The van der Waals surface area contributed by atoms with Gasteiger partial charge in [0.2, 0.25) is 5.91 Å². The Morgan fingerprint density at radius 2 is 2.14 bits per heavy atom. The van der Waals surface area contributed by atoms with E-state index in [9.17, 15) is 9.90 Å². The van der Waals surface area contributed by atoms with Crippen LogP contribution >= 0.6 is 34.7 Å². The van der Waals surface area contributed by atoms with Crippen molar-refractivity contribution in [2.45, 2.75) is 31.4 Å². The molecule has 0 aliphatic heterocycles. The highest BCUT2D eigenvalue weighted by Gasteiger charge is 2.24. The molecule has 0 aromatic carbocycles. The minimum Gasteiger partial charge on any atom is -0.396 e. The second-order valence-corrected chi connectivity index (χ2v) is 8.28. The van der Waals surface area contributed by atoms with Crippen molar-refractivity contribution in [2.75, 3.05) is 18.9 Å². The quantitative estimate of drug-likeness (QED) is 0.793. The molecule has 0 bridgehead atoms. The van der Waals surface area contributed by atoms with Gasteiger partial charge in [0.1, 0.15) is 0 Å². The Morgan fingerprint density at radius 3 is 2.81 bits per heavy atom. The number of aliphatic hydroxyl groups excluding tert-OH is 1. The molecule has 2 rings (SSSR count). The molecule has 3 nitrogen and oxygen atoms in total. The topological polar surface area (TPSA) is 49.3 Å². The second-order valence-electron chi connectivity index (χ2n) is 5.49. The number of amides is 1. The molecule has 2 atom stereocenters. The molecule has 6 heteroatoms. The number of thioether (sulfide) groups is 1. The maximum atomic E-state index is 11.9. The second kappa shape index (κ2) is 9.03. The molecule has 1 heterocycles. The molecule has 1 aliphatic rings. The highest BCUT2D eigenvalue weighted by Crippen LogP contribution is 2.29. The van der Waals surface area contributed by atoms with Gasteiger partial charge in [-0.15, -0.1) is 23.1 Å². The summed E-state index contributed by atoms with van der Waals surface area (Å²) in [6.45, 7) is 0.948. The average Bonchev–Trinajstić information content (AvgIpc) is 2.91. The summed E-state index contributed by atoms with van der Waals surface area (Å²) < 4.78 is 0.794. The molecular formula is C15H22ClNO2S2. The average molecular weight is 348 g/mol. The third kappa shape index (κ3) is 5.81. The molecule has 2 unspecified atom stereocenters. The fourth-order valence-corrected chi connectivity index (χ4v) is 4.82. The van der Waals surface area contributed by atoms with Crippen LogP contribution in [-0.4, -0.2) is 29.9 Å². The molecule has 1 saturated carbocycles. The predicted octanol–water partition coefficient (Wildman–Crippen LogP) is 3.55. The largest absolute Gasteiger partial charge is 0.396 e. The van der Waals surface area contributed by atoms with Crippen molar-refractivity contribution in [1.29, 1.82) is 0 Å². The van der Waals surface area contributed by atoms with Crippen LogP contribution in [0, 0.1) is 11.8 Å². The number of carbonyl (C=O) groups excluding carboxylic acids is 1. The molecule has 1 aromatic rings. The third-order valence-electron chi connectivity index (χ3n) is 3.97. The van der Waals surface area contributed by atoms with Gasteiger partial charge in [-0.3, -0.25) is 4.79 Å². The summed E-state index contributed by atoms with van der Waals surface area (Å²) in [4.78, 5) is 13.1. The number of aliphatic hydroxyl groups is 1. The monoisotopic (exact) mass is 347 g/mol. The van der Waals surface area contributed by atoms with Gasteiger partial charge in [0.15, 0.2) is 0 Å². The van der Waals surface area contributed by atoms with Crippen molar-refractivity contribution in [3.63, 3.8) is 0 Å². The smallest absolute Gasteiger partial charge is 0.230 e. The van der Waals surface area contributed by atoms with Gasteiger partial charge in [0, 0.05) is 23.8 Å². The maximum absolute atomic E-state index is 11.9. The van der Waals surface area contributed by atoms with Crippen molar-refractivity contribution in [2.24, 2.45) is 11.8 Å². The van der Waals surface area contributed by atoms with Crippen LogP contribution < -0.4 is 5.32 Å². The normalized spacial score (nSPS) is 22.2. The number of halogens is 1. The van der Waals surface area contributed by atoms with Crippen LogP contribution in [0.3, 0.4) is 0 Å². The zero-order chi connectivity index (χ0) is 15.1. The Balaban J connectivity index is 1.62. The molecule has 1 amide bonds. The first-order chi connectivity index (χ1) is 10.2. The minimum absolute atomic E-state index is 0.0879. The van der Waals surface area contributed by atoms with Gasteiger partial charge in [-0.25, -0.2) is 0 Å². The fraction of sp³-hybridized carbons (Fsp3) is 0.667. The summed E-state index contributed by atoms with van der Waals surface area (Å²) in [6.07, 6.45) is 4.62. The van der Waals surface area contributed by atoms with E-state index in [-0.39, 0.29) is 12.5 Å². The molecule has 21 heavy (non-hydrogen) atoms. The van der Waals surface area contributed by atoms with Crippen molar-refractivity contribution in [3.8, 4) is 0 Å². The van der Waals surface area contributed by atoms with E-state index >= 15 is 0 Å². The van der Waals surface area contributed by atoms with E-state index in [0.29, 0.717) is 24.1 Å².